The molecule has 4 rings (SSSR count). The van der Waals surface area contributed by atoms with Crippen molar-refractivity contribution in [2.75, 3.05) is 32.2 Å². The third-order valence-corrected chi connectivity index (χ3v) is 7.31. The molecule has 9 heteroatoms. The zero-order valence-electron chi connectivity index (χ0n) is 22.9. The minimum Gasteiger partial charge on any atom is -0.460 e. The van der Waals surface area contributed by atoms with Crippen LogP contribution in [0, 0.1) is 11.8 Å². The second kappa shape index (κ2) is 12.2. The van der Waals surface area contributed by atoms with Gasteiger partial charge in [0, 0.05) is 37.8 Å². The average Bonchev–Trinajstić information content (AvgIpc) is 3.51. The minimum absolute atomic E-state index is 0.0972. The lowest BCUT2D eigenvalue weighted by Crippen LogP contribution is -2.49. The van der Waals surface area contributed by atoms with E-state index in [1.54, 1.807) is 36.3 Å². The van der Waals surface area contributed by atoms with Crippen LogP contribution in [0.2, 0.25) is 0 Å². The van der Waals surface area contributed by atoms with Gasteiger partial charge in [-0.2, -0.15) is 0 Å². The van der Waals surface area contributed by atoms with Crippen molar-refractivity contribution in [2.24, 2.45) is 11.8 Å². The van der Waals surface area contributed by atoms with Crippen LogP contribution in [-0.2, 0) is 19.0 Å². The first kappa shape index (κ1) is 28.0. The molecule has 2 aromatic rings. The van der Waals surface area contributed by atoms with Gasteiger partial charge in [-0.15, -0.1) is 0 Å². The molecule has 1 N–H and O–H groups in total. The van der Waals surface area contributed by atoms with Crippen LogP contribution in [0.5, 0.6) is 0 Å². The lowest BCUT2D eigenvalue weighted by molar-refractivity contribution is -0.122. The number of nitrogens with one attached hydrogen (secondary N) is 1. The summed E-state index contributed by atoms with van der Waals surface area (Å²) >= 11 is 0. The number of amides is 2. The molecule has 1 aliphatic heterocycles. The summed E-state index contributed by atoms with van der Waals surface area (Å²) in [6.45, 7) is 6.74. The molecule has 1 aliphatic carbocycles. The number of nitrogens with zero attached hydrogens (tertiary/aromatic N) is 1. The van der Waals surface area contributed by atoms with Gasteiger partial charge in [0.25, 0.3) is 0 Å². The van der Waals surface area contributed by atoms with E-state index >= 15 is 0 Å². The predicted molar refractivity (Wildman–Crippen MR) is 143 cm³/mol. The summed E-state index contributed by atoms with van der Waals surface area (Å²) in [5.74, 6) is -0.146. The maximum Gasteiger partial charge on any atom is 0.410 e. The van der Waals surface area contributed by atoms with Crippen molar-refractivity contribution in [3.05, 3.63) is 30.0 Å². The molecule has 2 aliphatic rings. The highest BCUT2D eigenvalue weighted by molar-refractivity contribution is 5.99. The van der Waals surface area contributed by atoms with E-state index in [-0.39, 0.29) is 24.2 Å². The number of furan rings is 1. The number of hydrogen-bond donors (Lipinski definition) is 1. The van der Waals surface area contributed by atoms with Gasteiger partial charge < -0.3 is 23.9 Å². The van der Waals surface area contributed by atoms with Gasteiger partial charge in [-0.1, -0.05) is 32.1 Å². The van der Waals surface area contributed by atoms with E-state index in [4.69, 9.17) is 18.6 Å². The standard InChI is InChI=1S/C29H40N2O7/c1-29(2,3)38-28(34)31-14-13-22(19-9-6-5-7-10-19)25(31)26(32)30-21-11-12-23-20(17-21)18-24(37-23)27(33)36-16-8-15-35-4/h11-12,17-19,22,25H,5-10,13-16H2,1-4H3,(H,30,32)/t22-,25-/m0/s1. The number of ether oxygens (including phenoxy) is 3. The van der Waals surface area contributed by atoms with Crippen LogP contribution < -0.4 is 5.32 Å². The van der Waals surface area contributed by atoms with Gasteiger partial charge in [0.1, 0.15) is 17.2 Å². The van der Waals surface area contributed by atoms with Crippen molar-refractivity contribution in [3.63, 3.8) is 0 Å². The number of methoxy groups -OCH3 is 1. The maximum absolute atomic E-state index is 13.7. The molecule has 0 unspecified atom stereocenters. The molecule has 0 radical (unpaired) electrons. The molecule has 1 aromatic carbocycles. The molecule has 9 nitrogen and oxygen atoms in total. The quantitative estimate of drug-likeness (QED) is 0.342. The Kier molecular flexibility index (Phi) is 8.97. The Morgan fingerprint density at radius 1 is 1.05 bits per heavy atom. The summed E-state index contributed by atoms with van der Waals surface area (Å²) in [6, 6.07) is 6.23. The Bertz CT molecular complexity index is 1130. The molecule has 2 heterocycles. The Hall–Kier alpha value is -3.07. The van der Waals surface area contributed by atoms with Crippen LogP contribution in [0.25, 0.3) is 11.0 Å². The van der Waals surface area contributed by atoms with Crippen molar-refractivity contribution in [2.45, 2.75) is 77.4 Å². The molecule has 2 atom stereocenters. The van der Waals surface area contributed by atoms with Crippen LogP contribution in [0.15, 0.2) is 28.7 Å². The molecule has 0 bridgehead atoms. The molecule has 2 fully saturated rings. The Morgan fingerprint density at radius 2 is 1.82 bits per heavy atom. The molecule has 1 aromatic heterocycles. The number of anilines is 1. The highest BCUT2D eigenvalue weighted by Gasteiger charge is 2.46. The second-order valence-electron chi connectivity index (χ2n) is 11.3. The largest absolute Gasteiger partial charge is 0.460 e. The van der Waals surface area contributed by atoms with Crippen LogP contribution in [0.4, 0.5) is 10.5 Å². The molecule has 1 saturated heterocycles. The van der Waals surface area contributed by atoms with Gasteiger partial charge in [-0.3, -0.25) is 9.69 Å². The van der Waals surface area contributed by atoms with E-state index in [2.05, 4.69) is 5.32 Å². The van der Waals surface area contributed by atoms with Crippen molar-refractivity contribution in [3.8, 4) is 0 Å². The van der Waals surface area contributed by atoms with Crippen LogP contribution in [0.1, 0.15) is 76.3 Å². The van der Waals surface area contributed by atoms with Crippen molar-refractivity contribution >= 4 is 34.6 Å². The number of hydrogen-bond acceptors (Lipinski definition) is 7. The average molecular weight is 529 g/mol. The van der Waals surface area contributed by atoms with Gasteiger partial charge in [0.2, 0.25) is 11.7 Å². The van der Waals surface area contributed by atoms with Crippen LogP contribution in [-0.4, -0.2) is 61.4 Å². The summed E-state index contributed by atoms with van der Waals surface area (Å²) < 4.78 is 21.5. The first-order valence-electron chi connectivity index (χ1n) is 13.7. The van der Waals surface area contributed by atoms with Crippen LogP contribution >= 0.6 is 0 Å². The summed E-state index contributed by atoms with van der Waals surface area (Å²) in [4.78, 5) is 40.7. The lowest BCUT2D eigenvalue weighted by Gasteiger charge is -2.34. The number of carbonyl (C=O) groups excluding carboxylic acids is 3. The fourth-order valence-electron chi connectivity index (χ4n) is 5.61. The van der Waals surface area contributed by atoms with Gasteiger partial charge in [-0.25, -0.2) is 9.59 Å². The molecular formula is C29H40N2O7. The number of benzene rings is 1. The first-order valence-corrected chi connectivity index (χ1v) is 13.7. The van der Waals surface area contributed by atoms with Crippen molar-refractivity contribution in [1.29, 1.82) is 0 Å². The minimum atomic E-state index is -0.643. The monoisotopic (exact) mass is 528 g/mol. The third kappa shape index (κ3) is 6.87. The highest BCUT2D eigenvalue weighted by atomic mass is 16.6. The summed E-state index contributed by atoms with van der Waals surface area (Å²) in [5.41, 5.74) is 0.445. The Morgan fingerprint density at radius 3 is 2.53 bits per heavy atom. The van der Waals surface area contributed by atoms with Crippen LogP contribution in [0.3, 0.4) is 0 Å². The molecule has 208 valence electrons. The summed E-state index contributed by atoms with van der Waals surface area (Å²) in [6.07, 6.45) is 6.66. The van der Waals surface area contributed by atoms with Gasteiger partial charge in [0.15, 0.2) is 0 Å². The molecule has 0 spiro atoms. The highest BCUT2D eigenvalue weighted by Crippen LogP contribution is 2.40. The van der Waals surface area contributed by atoms with E-state index in [0.29, 0.717) is 42.1 Å². The van der Waals surface area contributed by atoms with E-state index in [1.165, 1.54) is 6.42 Å². The summed E-state index contributed by atoms with van der Waals surface area (Å²) in [5, 5.41) is 3.69. The van der Waals surface area contributed by atoms with E-state index < -0.39 is 23.7 Å². The van der Waals surface area contributed by atoms with Gasteiger partial charge >= 0.3 is 12.1 Å². The normalized spacial score (nSPS) is 20.5. The number of esters is 1. The zero-order chi connectivity index (χ0) is 27.3. The van der Waals surface area contributed by atoms with E-state index in [0.717, 1.165) is 32.1 Å². The zero-order valence-corrected chi connectivity index (χ0v) is 22.9. The number of likely N-dealkylation sites (tertiary alicyclic amines) is 1. The Labute approximate surface area is 224 Å². The first-order chi connectivity index (χ1) is 18.2. The second-order valence-corrected chi connectivity index (χ2v) is 11.3. The van der Waals surface area contributed by atoms with E-state index in [9.17, 15) is 14.4 Å². The Balaban J connectivity index is 1.49. The van der Waals surface area contributed by atoms with E-state index in [1.807, 2.05) is 20.8 Å². The predicted octanol–water partition coefficient (Wildman–Crippen LogP) is 5.77. The smallest absolute Gasteiger partial charge is 0.410 e. The molecule has 2 amide bonds. The lowest BCUT2D eigenvalue weighted by atomic mass is 9.76. The molecular weight excluding hydrogens is 488 g/mol. The molecule has 38 heavy (non-hydrogen) atoms. The molecule has 1 saturated carbocycles. The van der Waals surface area contributed by atoms with Crippen molar-refractivity contribution in [1.82, 2.24) is 4.90 Å². The fourth-order valence-corrected chi connectivity index (χ4v) is 5.61. The fraction of sp³-hybridized carbons (Fsp3) is 0.621. The SMILES string of the molecule is COCCCOC(=O)c1cc2cc(NC(=O)[C@@H]3[C@H](C4CCCCC4)CCN3C(=O)OC(C)(C)C)ccc2o1. The topological polar surface area (TPSA) is 107 Å². The third-order valence-electron chi connectivity index (χ3n) is 7.31. The maximum atomic E-state index is 13.7. The van der Waals surface area contributed by atoms with Crippen molar-refractivity contribution < 1.29 is 33.0 Å². The van der Waals surface area contributed by atoms with Gasteiger partial charge in [0.05, 0.1) is 6.61 Å². The number of rotatable bonds is 8. The number of carbonyl (C=O) groups is 3. The summed E-state index contributed by atoms with van der Waals surface area (Å²) in [7, 11) is 1.59. The number of fused-ring (bicyclic) bond motifs is 1. The van der Waals surface area contributed by atoms with Gasteiger partial charge in [-0.05, 0) is 63.3 Å².